The molecule has 35 heavy (non-hydrogen) atoms. The average molecular weight is 488 g/mol. The van der Waals surface area contributed by atoms with E-state index >= 15 is 0 Å². The Morgan fingerprint density at radius 2 is 1.97 bits per heavy atom. The summed E-state index contributed by atoms with van der Waals surface area (Å²) in [6, 6.07) is 4.77. The van der Waals surface area contributed by atoms with E-state index in [0.717, 1.165) is 5.39 Å². The van der Waals surface area contributed by atoms with Crippen molar-refractivity contribution in [2.24, 2.45) is 0 Å². The van der Waals surface area contributed by atoms with Crippen LogP contribution in [0, 0.1) is 0 Å². The lowest BCUT2D eigenvalue weighted by atomic mass is 9.97. The Hall–Kier alpha value is -3.47. The lowest BCUT2D eigenvalue weighted by Crippen LogP contribution is -2.59. The number of carbonyl (C=O) groups excluding carboxylic acids is 3. The monoisotopic (exact) mass is 487 g/mol. The van der Waals surface area contributed by atoms with Gasteiger partial charge < -0.3 is 34.7 Å². The number of rotatable bonds is 6. The van der Waals surface area contributed by atoms with E-state index in [-0.39, 0.29) is 31.1 Å². The van der Waals surface area contributed by atoms with Gasteiger partial charge in [-0.2, -0.15) is 0 Å². The Morgan fingerprint density at radius 3 is 2.57 bits per heavy atom. The minimum atomic E-state index is -1.28. The fraction of sp³-hybridized carbons (Fsp3) is 0.542. The Kier molecular flexibility index (Phi) is 6.54. The normalized spacial score (nSPS) is 21.2. The summed E-state index contributed by atoms with van der Waals surface area (Å²) in [5.41, 5.74) is -1.83. The SMILES string of the molecule is COc1ccc2c(O)n(CC3(CNC4CCN(C(=O)OC(C)(C)C)CC4)NC(=O)NC3=O)cc2c1. The summed E-state index contributed by atoms with van der Waals surface area (Å²) in [7, 11) is 1.56. The van der Waals surface area contributed by atoms with E-state index in [1.165, 1.54) is 0 Å². The number of benzene rings is 1. The minimum absolute atomic E-state index is 0.00152. The number of imide groups is 1. The lowest BCUT2D eigenvalue weighted by Gasteiger charge is -2.35. The first-order chi connectivity index (χ1) is 16.5. The third kappa shape index (κ3) is 5.29. The van der Waals surface area contributed by atoms with Crippen molar-refractivity contribution >= 4 is 28.8 Å². The zero-order chi connectivity index (χ0) is 25.4. The van der Waals surface area contributed by atoms with Gasteiger partial charge in [0.15, 0.2) is 11.4 Å². The molecule has 4 amide bonds. The van der Waals surface area contributed by atoms with Crippen molar-refractivity contribution < 1.29 is 29.0 Å². The summed E-state index contributed by atoms with van der Waals surface area (Å²) in [6.45, 7) is 6.77. The summed E-state index contributed by atoms with van der Waals surface area (Å²) >= 11 is 0. The van der Waals surface area contributed by atoms with E-state index in [9.17, 15) is 19.5 Å². The topological polar surface area (TPSA) is 134 Å². The molecular formula is C24H33N5O6. The largest absolute Gasteiger partial charge is 0.497 e. The summed E-state index contributed by atoms with van der Waals surface area (Å²) in [4.78, 5) is 38.9. The standard InChI is InChI=1S/C24H33N5O6/c1-23(2,3)35-22(33)28-9-7-16(8-10-28)25-13-24(20(31)26-21(32)27-24)14-29-12-15-11-17(34-4)5-6-18(15)19(29)30/h5-6,11-12,16,25,30H,7-10,13-14H2,1-4H3,(H2,26,27,31,32). The molecule has 2 aromatic rings. The smallest absolute Gasteiger partial charge is 0.410 e. The van der Waals surface area contributed by atoms with Gasteiger partial charge in [0.05, 0.1) is 13.7 Å². The molecule has 2 fully saturated rings. The highest BCUT2D eigenvalue weighted by Crippen LogP contribution is 2.31. The van der Waals surface area contributed by atoms with Crippen LogP contribution >= 0.6 is 0 Å². The van der Waals surface area contributed by atoms with Gasteiger partial charge in [-0.3, -0.25) is 10.1 Å². The van der Waals surface area contributed by atoms with Gasteiger partial charge in [0.25, 0.3) is 5.91 Å². The molecule has 0 saturated carbocycles. The van der Waals surface area contributed by atoms with E-state index in [4.69, 9.17) is 9.47 Å². The maximum absolute atomic E-state index is 12.9. The number of nitrogens with zero attached hydrogens (tertiary/aromatic N) is 2. The second-order valence-electron chi connectivity index (χ2n) is 10.1. The predicted octanol–water partition coefficient (Wildman–Crippen LogP) is 1.92. The molecule has 4 rings (SSSR count). The summed E-state index contributed by atoms with van der Waals surface area (Å²) in [5.74, 6) is 0.188. The van der Waals surface area contributed by atoms with E-state index in [2.05, 4.69) is 16.0 Å². The number of fused-ring (bicyclic) bond motifs is 1. The fourth-order valence-corrected chi connectivity index (χ4v) is 4.50. The molecule has 1 aromatic carbocycles. The maximum Gasteiger partial charge on any atom is 0.410 e. The highest BCUT2D eigenvalue weighted by atomic mass is 16.6. The van der Waals surface area contributed by atoms with Gasteiger partial charge in [0, 0.05) is 42.6 Å². The zero-order valence-corrected chi connectivity index (χ0v) is 20.5. The molecule has 1 aromatic heterocycles. The molecule has 1 atom stereocenters. The molecular weight excluding hydrogens is 454 g/mol. The molecule has 2 saturated heterocycles. The molecule has 0 bridgehead atoms. The summed E-state index contributed by atoms with van der Waals surface area (Å²) in [5, 5.41) is 20.6. The van der Waals surface area contributed by atoms with Crippen LogP contribution in [0.1, 0.15) is 33.6 Å². The summed E-state index contributed by atoms with van der Waals surface area (Å²) < 4.78 is 12.3. The molecule has 0 spiro atoms. The highest BCUT2D eigenvalue weighted by Gasteiger charge is 2.47. The van der Waals surface area contributed by atoms with Crippen molar-refractivity contribution in [2.45, 2.75) is 57.3 Å². The second kappa shape index (κ2) is 9.29. The molecule has 1 unspecified atom stereocenters. The van der Waals surface area contributed by atoms with Crippen LogP contribution in [0.5, 0.6) is 11.6 Å². The molecule has 11 heteroatoms. The van der Waals surface area contributed by atoms with Gasteiger partial charge in [-0.15, -0.1) is 0 Å². The third-order valence-electron chi connectivity index (χ3n) is 6.36. The number of hydrogen-bond acceptors (Lipinski definition) is 7. The Bertz CT molecular complexity index is 1130. The van der Waals surface area contributed by atoms with Crippen molar-refractivity contribution in [3.8, 4) is 11.6 Å². The molecule has 3 heterocycles. The number of amides is 4. The van der Waals surface area contributed by atoms with Gasteiger partial charge in [-0.25, -0.2) is 9.59 Å². The van der Waals surface area contributed by atoms with Crippen LogP contribution in [-0.2, 0) is 16.1 Å². The lowest BCUT2D eigenvalue weighted by molar-refractivity contribution is -0.124. The van der Waals surface area contributed by atoms with Crippen molar-refractivity contribution in [3.05, 3.63) is 24.4 Å². The molecule has 0 radical (unpaired) electrons. The molecule has 0 aliphatic carbocycles. The van der Waals surface area contributed by atoms with E-state index in [0.29, 0.717) is 37.1 Å². The van der Waals surface area contributed by atoms with Crippen molar-refractivity contribution in [1.29, 1.82) is 0 Å². The van der Waals surface area contributed by atoms with Crippen LogP contribution in [0.3, 0.4) is 0 Å². The average Bonchev–Trinajstić information content (AvgIpc) is 3.25. The molecule has 2 aliphatic heterocycles. The van der Waals surface area contributed by atoms with Crippen molar-refractivity contribution in [2.75, 3.05) is 26.7 Å². The van der Waals surface area contributed by atoms with Gasteiger partial charge in [-0.1, -0.05) is 0 Å². The number of aromatic nitrogens is 1. The quantitative estimate of drug-likeness (QED) is 0.458. The third-order valence-corrected chi connectivity index (χ3v) is 6.36. The van der Waals surface area contributed by atoms with Crippen molar-refractivity contribution in [1.82, 2.24) is 25.4 Å². The number of nitrogens with one attached hydrogen (secondary N) is 3. The van der Waals surface area contributed by atoms with Crippen LogP contribution in [0.15, 0.2) is 24.4 Å². The maximum atomic E-state index is 12.9. The molecule has 4 N–H and O–H groups in total. The first-order valence-corrected chi connectivity index (χ1v) is 11.7. The first-order valence-electron chi connectivity index (χ1n) is 11.7. The Balaban J connectivity index is 1.44. The molecule has 190 valence electrons. The molecule has 2 aliphatic rings. The Labute approximate surface area is 203 Å². The van der Waals surface area contributed by atoms with Gasteiger partial charge >= 0.3 is 12.1 Å². The van der Waals surface area contributed by atoms with E-state index in [1.54, 1.807) is 41.0 Å². The van der Waals surface area contributed by atoms with Crippen LogP contribution in [-0.4, -0.2) is 76.5 Å². The van der Waals surface area contributed by atoms with Crippen LogP contribution in [0.2, 0.25) is 0 Å². The van der Waals surface area contributed by atoms with E-state index < -0.39 is 23.1 Å². The highest BCUT2D eigenvalue weighted by molar-refractivity contribution is 6.07. The number of ether oxygens (including phenoxy) is 2. The fourth-order valence-electron chi connectivity index (χ4n) is 4.50. The number of hydrogen-bond donors (Lipinski definition) is 4. The Morgan fingerprint density at radius 1 is 1.26 bits per heavy atom. The van der Waals surface area contributed by atoms with Gasteiger partial charge in [0.1, 0.15) is 11.4 Å². The van der Waals surface area contributed by atoms with E-state index in [1.807, 2.05) is 20.8 Å². The van der Waals surface area contributed by atoms with Gasteiger partial charge in [-0.05, 0) is 51.8 Å². The van der Waals surface area contributed by atoms with Gasteiger partial charge in [0.2, 0.25) is 0 Å². The first kappa shape index (κ1) is 24.6. The number of carbonyl (C=O) groups is 3. The van der Waals surface area contributed by atoms with Crippen molar-refractivity contribution in [3.63, 3.8) is 0 Å². The number of methoxy groups -OCH3 is 1. The number of piperidine rings is 1. The zero-order valence-electron chi connectivity index (χ0n) is 20.5. The second-order valence-corrected chi connectivity index (χ2v) is 10.1. The number of urea groups is 1. The van der Waals surface area contributed by atoms with Crippen LogP contribution in [0.25, 0.3) is 10.8 Å². The summed E-state index contributed by atoms with van der Waals surface area (Å²) in [6.07, 6.45) is 2.76. The molecule has 11 nitrogen and oxygen atoms in total. The number of aromatic hydroxyl groups is 1. The van der Waals surface area contributed by atoms with Crippen LogP contribution < -0.4 is 20.7 Å². The van der Waals surface area contributed by atoms with Crippen LogP contribution in [0.4, 0.5) is 9.59 Å². The predicted molar refractivity (Wildman–Crippen MR) is 128 cm³/mol. The minimum Gasteiger partial charge on any atom is -0.497 e. The number of likely N-dealkylation sites (tertiary alicyclic amines) is 1.